The Hall–Kier alpha value is -1.23. The average molecular weight is 336 g/mol. The predicted octanol–water partition coefficient (Wildman–Crippen LogP) is 4.14. The van der Waals surface area contributed by atoms with Gasteiger partial charge in [-0.15, -0.1) is 0 Å². The Morgan fingerprint density at radius 1 is 1.08 bits per heavy atom. The molecular formula is C19H37N5. The Labute approximate surface area is 148 Å². The molecule has 5 heteroatoms. The second kappa shape index (κ2) is 11.3. The molecule has 1 aromatic heterocycles. The van der Waals surface area contributed by atoms with Gasteiger partial charge >= 0.3 is 0 Å². The highest BCUT2D eigenvalue weighted by atomic mass is 15.1. The Kier molecular flexibility index (Phi) is 9.84. The van der Waals surface area contributed by atoms with E-state index in [1.807, 2.05) is 0 Å². The first-order valence-electron chi connectivity index (χ1n) is 9.63. The minimum atomic E-state index is 0.309. The first kappa shape index (κ1) is 20.8. The van der Waals surface area contributed by atoms with Crippen molar-refractivity contribution in [3.8, 4) is 0 Å². The van der Waals surface area contributed by atoms with Crippen molar-refractivity contribution in [2.45, 2.75) is 91.5 Å². The molecule has 1 atom stereocenters. The monoisotopic (exact) mass is 335 g/mol. The Balaban J connectivity index is 2.37. The predicted molar refractivity (Wildman–Crippen MR) is 102 cm³/mol. The maximum atomic E-state index is 5.65. The molecule has 138 valence electrons. The van der Waals surface area contributed by atoms with Crippen LogP contribution in [0.1, 0.15) is 84.9 Å². The summed E-state index contributed by atoms with van der Waals surface area (Å²) >= 11 is 0. The van der Waals surface area contributed by atoms with Crippen LogP contribution in [0.15, 0.2) is 6.33 Å². The Morgan fingerprint density at radius 2 is 1.83 bits per heavy atom. The molecule has 3 N–H and O–H groups in total. The van der Waals surface area contributed by atoms with E-state index in [-0.39, 0.29) is 0 Å². The third kappa shape index (κ3) is 9.16. The highest BCUT2D eigenvalue weighted by molar-refractivity contribution is 5.12. The zero-order valence-corrected chi connectivity index (χ0v) is 16.1. The van der Waals surface area contributed by atoms with Gasteiger partial charge in [0.25, 0.3) is 0 Å². The summed E-state index contributed by atoms with van der Waals surface area (Å²) in [6.45, 7) is 10.2. The van der Waals surface area contributed by atoms with Crippen LogP contribution in [0.25, 0.3) is 0 Å². The highest BCUT2D eigenvalue weighted by Gasteiger charge is 2.18. The molecule has 0 fully saturated rings. The van der Waals surface area contributed by atoms with Gasteiger partial charge in [0.05, 0.1) is 0 Å². The van der Waals surface area contributed by atoms with Crippen LogP contribution >= 0.6 is 0 Å². The first-order valence-corrected chi connectivity index (χ1v) is 9.63. The van der Waals surface area contributed by atoms with E-state index in [9.17, 15) is 0 Å². The normalized spacial score (nSPS) is 13.2. The smallest absolute Gasteiger partial charge is 0.223 e. The zero-order valence-electron chi connectivity index (χ0n) is 16.1. The third-order valence-electron chi connectivity index (χ3n) is 4.68. The number of nitrogen functional groups attached to an aromatic ring is 1. The topological polar surface area (TPSA) is 76.7 Å². The lowest BCUT2D eigenvalue weighted by Crippen LogP contribution is -2.32. The lowest BCUT2D eigenvalue weighted by molar-refractivity contribution is 0.276. The van der Waals surface area contributed by atoms with E-state index in [1.54, 1.807) is 0 Å². The van der Waals surface area contributed by atoms with Crippen LogP contribution in [-0.2, 0) is 6.42 Å². The van der Waals surface area contributed by atoms with Gasteiger partial charge in [0.15, 0.2) is 0 Å². The third-order valence-corrected chi connectivity index (χ3v) is 4.68. The van der Waals surface area contributed by atoms with Gasteiger partial charge in [0, 0.05) is 12.5 Å². The van der Waals surface area contributed by atoms with E-state index < -0.39 is 0 Å². The minimum Gasteiger partial charge on any atom is -0.368 e. The molecule has 5 nitrogen and oxygen atoms in total. The molecule has 24 heavy (non-hydrogen) atoms. The molecule has 0 aliphatic rings. The molecule has 1 aromatic rings. The molecule has 0 radical (unpaired) electrons. The van der Waals surface area contributed by atoms with E-state index in [1.165, 1.54) is 51.3 Å². The summed E-state index contributed by atoms with van der Waals surface area (Å²) in [6.07, 6.45) is 12.7. The molecule has 0 aliphatic carbocycles. The highest BCUT2D eigenvalue weighted by Crippen LogP contribution is 2.30. The van der Waals surface area contributed by atoms with E-state index in [0.29, 0.717) is 17.4 Å². The van der Waals surface area contributed by atoms with Crippen molar-refractivity contribution in [2.24, 2.45) is 5.41 Å². The molecule has 1 rings (SSSR count). The number of nitrogens with one attached hydrogen (secondary N) is 1. The largest absolute Gasteiger partial charge is 0.368 e. The van der Waals surface area contributed by atoms with Crippen LogP contribution in [0.5, 0.6) is 0 Å². The molecule has 1 heterocycles. The number of anilines is 1. The summed E-state index contributed by atoms with van der Waals surface area (Å²) in [6, 6.07) is 0.410. The van der Waals surface area contributed by atoms with Crippen molar-refractivity contribution >= 4 is 5.95 Å². The fourth-order valence-electron chi connectivity index (χ4n) is 3.21. The summed E-state index contributed by atoms with van der Waals surface area (Å²) in [5.41, 5.74) is 6.10. The maximum Gasteiger partial charge on any atom is 0.223 e. The fourth-order valence-corrected chi connectivity index (χ4v) is 3.21. The lowest BCUT2D eigenvalue weighted by atomic mass is 9.81. The summed E-state index contributed by atoms with van der Waals surface area (Å²) in [7, 11) is 0. The number of rotatable bonds is 13. The Morgan fingerprint density at radius 3 is 2.50 bits per heavy atom. The number of aromatic nitrogens is 3. The SMILES string of the molecule is CCCCCCC(C)(C)CCCC(Cc1ncnc(N)n1)NCC. The van der Waals surface area contributed by atoms with E-state index in [2.05, 4.69) is 48.0 Å². The fraction of sp³-hybridized carbons (Fsp3) is 0.842. The molecule has 0 saturated carbocycles. The van der Waals surface area contributed by atoms with Crippen molar-refractivity contribution in [3.05, 3.63) is 12.2 Å². The number of hydrogen-bond donors (Lipinski definition) is 2. The van der Waals surface area contributed by atoms with E-state index in [4.69, 9.17) is 5.73 Å². The molecule has 0 saturated heterocycles. The van der Waals surface area contributed by atoms with Crippen LogP contribution in [0.2, 0.25) is 0 Å². The molecular weight excluding hydrogens is 298 g/mol. The van der Waals surface area contributed by atoms with Gasteiger partial charge in [-0.3, -0.25) is 0 Å². The van der Waals surface area contributed by atoms with Crippen molar-refractivity contribution in [2.75, 3.05) is 12.3 Å². The van der Waals surface area contributed by atoms with Crippen molar-refractivity contribution in [3.63, 3.8) is 0 Å². The van der Waals surface area contributed by atoms with Gasteiger partial charge in [-0.25, -0.2) is 9.97 Å². The lowest BCUT2D eigenvalue weighted by Gasteiger charge is -2.26. The van der Waals surface area contributed by atoms with Gasteiger partial charge < -0.3 is 11.1 Å². The van der Waals surface area contributed by atoms with E-state index in [0.717, 1.165) is 25.2 Å². The van der Waals surface area contributed by atoms with Crippen molar-refractivity contribution < 1.29 is 0 Å². The van der Waals surface area contributed by atoms with Gasteiger partial charge in [0.1, 0.15) is 12.2 Å². The molecule has 0 aliphatic heterocycles. The minimum absolute atomic E-state index is 0.309. The van der Waals surface area contributed by atoms with Crippen LogP contribution in [0.3, 0.4) is 0 Å². The average Bonchev–Trinajstić information content (AvgIpc) is 2.52. The summed E-state index contributed by atoms with van der Waals surface area (Å²) in [5, 5.41) is 3.56. The Bertz CT molecular complexity index is 447. The molecule has 0 amide bonds. The van der Waals surface area contributed by atoms with E-state index >= 15 is 0 Å². The van der Waals surface area contributed by atoms with Crippen molar-refractivity contribution in [1.82, 2.24) is 20.3 Å². The second-order valence-electron chi connectivity index (χ2n) is 7.59. The van der Waals surface area contributed by atoms with Gasteiger partial charge in [-0.05, 0) is 31.2 Å². The molecule has 0 bridgehead atoms. The summed E-state index contributed by atoms with van der Waals surface area (Å²) < 4.78 is 0. The van der Waals surface area contributed by atoms with Crippen LogP contribution < -0.4 is 11.1 Å². The van der Waals surface area contributed by atoms with Gasteiger partial charge in [-0.2, -0.15) is 4.98 Å². The molecule has 1 unspecified atom stereocenters. The standard InChI is InChI=1S/C19H37N5/c1-5-7-8-9-12-19(3,4)13-10-11-16(21-6-2)14-17-22-15-23-18(20)24-17/h15-16,21H,5-14H2,1-4H3,(H2,20,22,23,24). The zero-order chi connectivity index (χ0) is 17.8. The number of nitrogens with two attached hydrogens (primary N) is 1. The van der Waals surface area contributed by atoms with Crippen LogP contribution in [0, 0.1) is 5.41 Å². The van der Waals surface area contributed by atoms with Crippen LogP contribution in [0.4, 0.5) is 5.95 Å². The maximum absolute atomic E-state index is 5.65. The second-order valence-corrected chi connectivity index (χ2v) is 7.59. The first-order chi connectivity index (χ1) is 11.5. The van der Waals surface area contributed by atoms with Crippen molar-refractivity contribution in [1.29, 1.82) is 0 Å². The number of nitrogens with zero attached hydrogens (tertiary/aromatic N) is 3. The molecule has 0 aromatic carbocycles. The quantitative estimate of drug-likeness (QED) is 0.530. The summed E-state index contributed by atoms with van der Waals surface area (Å²) in [4.78, 5) is 12.3. The number of likely N-dealkylation sites (N-methyl/N-ethyl adjacent to an activating group) is 1. The van der Waals surface area contributed by atoms with Crippen LogP contribution in [-0.4, -0.2) is 27.5 Å². The molecule has 0 spiro atoms. The number of hydrogen-bond acceptors (Lipinski definition) is 5. The van der Waals surface area contributed by atoms with Gasteiger partial charge in [0.2, 0.25) is 5.95 Å². The summed E-state index contributed by atoms with van der Waals surface area (Å²) in [5.74, 6) is 1.09. The van der Waals surface area contributed by atoms with Gasteiger partial charge in [-0.1, -0.05) is 59.8 Å². The number of unbranched alkanes of at least 4 members (excludes halogenated alkanes) is 3.